The lowest BCUT2D eigenvalue weighted by Gasteiger charge is -2.21. The highest BCUT2D eigenvalue weighted by Crippen LogP contribution is 2.26. The Bertz CT molecular complexity index is 108. The van der Waals surface area contributed by atoms with Gasteiger partial charge in [0, 0.05) is 0 Å². The van der Waals surface area contributed by atoms with Gasteiger partial charge in [0.05, 0.1) is 0 Å². The molecular formula is C11H23F. The van der Waals surface area contributed by atoms with Crippen LogP contribution in [0, 0.1) is 5.92 Å². The van der Waals surface area contributed by atoms with Gasteiger partial charge >= 0.3 is 0 Å². The van der Waals surface area contributed by atoms with Gasteiger partial charge in [0.25, 0.3) is 0 Å². The van der Waals surface area contributed by atoms with Crippen LogP contribution >= 0.6 is 0 Å². The molecule has 2 atom stereocenters. The molecule has 0 amide bonds. The van der Waals surface area contributed by atoms with E-state index in [2.05, 4.69) is 13.8 Å². The molecule has 0 aliphatic heterocycles. The molecule has 12 heavy (non-hydrogen) atoms. The lowest BCUT2D eigenvalue weighted by atomic mass is 9.91. The van der Waals surface area contributed by atoms with Gasteiger partial charge in [0.15, 0.2) is 0 Å². The largest absolute Gasteiger partial charge is 0.244 e. The molecule has 0 bridgehead atoms. The van der Waals surface area contributed by atoms with Crippen LogP contribution in [-0.2, 0) is 0 Å². The first-order valence-electron chi connectivity index (χ1n) is 5.20. The quantitative estimate of drug-likeness (QED) is 0.562. The van der Waals surface area contributed by atoms with Crippen LogP contribution in [0.5, 0.6) is 0 Å². The molecule has 1 unspecified atom stereocenters. The Morgan fingerprint density at radius 1 is 1.25 bits per heavy atom. The van der Waals surface area contributed by atoms with Crippen molar-refractivity contribution >= 4 is 0 Å². The second kappa shape index (κ2) is 5.55. The summed E-state index contributed by atoms with van der Waals surface area (Å²) in [6.07, 6.45) is 4.60. The maximum absolute atomic E-state index is 13.6. The topological polar surface area (TPSA) is 0 Å². The Kier molecular flexibility index (Phi) is 5.52. The Hall–Kier alpha value is -0.0700. The molecule has 0 nitrogen and oxygen atoms in total. The van der Waals surface area contributed by atoms with Crippen molar-refractivity contribution in [2.75, 3.05) is 0 Å². The van der Waals surface area contributed by atoms with Gasteiger partial charge in [-0.25, -0.2) is 4.39 Å². The highest BCUT2D eigenvalue weighted by Gasteiger charge is 2.21. The first kappa shape index (κ1) is 11.9. The van der Waals surface area contributed by atoms with E-state index in [1.165, 1.54) is 6.42 Å². The zero-order valence-corrected chi connectivity index (χ0v) is 8.99. The monoisotopic (exact) mass is 174 g/mol. The standard InChI is InChI=1S/C11H23F/c1-5-8-11(4,12)9-7-10(3)6-2/h10H,5-9H2,1-4H3/t10-,11?/m1/s1. The van der Waals surface area contributed by atoms with Crippen molar-refractivity contribution in [1.82, 2.24) is 0 Å². The number of hydrogen-bond acceptors (Lipinski definition) is 0. The minimum Gasteiger partial charge on any atom is -0.244 e. The van der Waals surface area contributed by atoms with E-state index in [9.17, 15) is 4.39 Å². The molecule has 0 spiro atoms. The van der Waals surface area contributed by atoms with E-state index < -0.39 is 5.67 Å². The maximum Gasteiger partial charge on any atom is 0.108 e. The van der Waals surface area contributed by atoms with Crippen molar-refractivity contribution in [2.24, 2.45) is 5.92 Å². The molecule has 1 heteroatoms. The second-order valence-corrected chi connectivity index (χ2v) is 4.22. The van der Waals surface area contributed by atoms with Crippen molar-refractivity contribution in [3.63, 3.8) is 0 Å². The van der Waals surface area contributed by atoms with Crippen LogP contribution in [0.4, 0.5) is 4.39 Å². The lowest BCUT2D eigenvalue weighted by Crippen LogP contribution is -2.18. The van der Waals surface area contributed by atoms with Gasteiger partial charge in [0.1, 0.15) is 5.67 Å². The van der Waals surface area contributed by atoms with Crippen molar-refractivity contribution in [2.45, 2.75) is 65.5 Å². The molecule has 0 saturated carbocycles. The normalized spacial score (nSPS) is 18.8. The average molecular weight is 174 g/mol. The molecule has 74 valence electrons. The molecule has 0 aliphatic carbocycles. The van der Waals surface area contributed by atoms with E-state index in [0.717, 1.165) is 19.3 Å². The predicted octanol–water partition coefficient (Wildman–Crippen LogP) is 4.34. The third-order valence-electron chi connectivity index (χ3n) is 2.63. The fraction of sp³-hybridized carbons (Fsp3) is 1.00. The summed E-state index contributed by atoms with van der Waals surface area (Å²) in [5.74, 6) is 0.678. The third-order valence-corrected chi connectivity index (χ3v) is 2.63. The van der Waals surface area contributed by atoms with Gasteiger partial charge in [-0.3, -0.25) is 0 Å². The van der Waals surface area contributed by atoms with Crippen molar-refractivity contribution in [3.05, 3.63) is 0 Å². The molecule has 0 fully saturated rings. The number of halogens is 1. The highest BCUT2D eigenvalue weighted by molar-refractivity contribution is 4.73. The summed E-state index contributed by atoms with van der Waals surface area (Å²) in [6.45, 7) is 8.14. The van der Waals surface area contributed by atoms with E-state index in [1.807, 2.05) is 6.92 Å². The van der Waals surface area contributed by atoms with E-state index in [-0.39, 0.29) is 0 Å². The van der Waals surface area contributed by atoms with Crippen molar-refractivity contribution in [1.29, 1.82) is 0 Å². The fourth-order valence-corrected chi connectivity index (χ4v) is 1.40. The molecule has 0 saturated heterocycles. The molecule has 0 N–H and O–H groups in total. The maximum atomic E-state index is 13.6. The van der Waals surface area contributed by atoms with E-state index in [1.54, 1.807) is 6.92 Å². The molecule has 0 aromatic heterocycles. The Morgan fingerprint density at radius 3 is 2.25 bits per heavy atom. The summed E-state index contributed by atoms with van der Waals surface area (Å²) in [5.41, 5.74) is -0.918. The van der Waals surface area contributed by atoms with E-state index in [0.29, 0.717) is 12.3 Å². The fourth-order valence-electron chi connectivity index (χ4n) is 1.40. The predicted molar refractivity (Wildman–Crippen MR) is 53.1 cm³/mol. The molecule has 0 radical (unpaired) electrons. The molecule has 0 heterocycles. The van der Waals surface area contributed by atoms with E-state index in [4.69, 9.17) is 0 Å². The van der Waals surface area contributed by atoms with Gasteiger partial charge < -0.3 is 0 Å². The van der Waals surface area contributed by atoms with Gasteiger partial charge in [-0.2, -0.15) is 0 Å². The summed E-state index contributed by atoms with van der Waals surface area (Å²) >= 11 is 0. The molecule has 0 aromatic rings. The van der Waals surface area contributed by atoms with Crippen LogP contribution in [0.25, 0.3) is 0 Å². The van der Waals surface area contributed by atoms with Crippen LogP contribution in [0.3, 0.4) is 0 Å². The highest BCUT2D eigenvalue weighted by atomic mass is 19.1. The lowest BCUT2D eigenvalue weighted by molar-refractivity contribution is 0.148. The third kappa shape index (κ3) is 5.56. The second-order valence-electron chi connectivity index (χ2n) is 4.22. The van der Waals surface area contributed by atoms with Crippen LogP contribution in [-0.4, -0.2) is 5.67 Å². The van der Waals surface area contributed by atoms with Crippen LogP contribution in [0.2, 0.25) is 0 Å². The number of hydrogen-bond donors (Lipinski definition) is 0. The SMILES string of the molecule is CCCC(C)(F)CC[C@H](C)CC. The smallest absolute Gasteiger partial charge is 0.108 e. The first-order chi connectivity index (χ1) is 5.52. The minimum absolute atomic E-state index is 0.678. The first-order valence-corrected chi connectivity index (χ1v) is 5.20. The summed E-state index contributed by atoms with van der Waals surface area (Å²) in [4.78, 5) is 0. The summed E-state index contributed by atoms with van der Waals surface area (Å²) in [5, 5.41) is 0. The zero-order chi connectivity index (χ0) is 9.61. The molecule has 0 aromatic carbocycles. The zero-order valence-electron chi connectivity index (χ0n) is 8.99. The van der Waals surface area contributed by atoms with E-state index >= 15 is 0 Å². The Balaban J connectivity index is 3.59. The summed E-state index contributed by atoms with van der Waals surface area (Å²) < 4.78 is 13.6. The molecule has 0 rings (SSSR count). The molecule has 0 aliphatic rings. The Labute approximate surface area is 76.6 Å². The minimum atomic E-state index is -0.918. The summed E-state index contributed by atoms with van der Waals surface area (Å²) in [7, 11) is 0. The van der Waals surface area contributed by atoms with Crippen LogP contribution < -0.4 is 0 Å². The summed E-state index contributed by atoms with van der Waals surface area (Å²) in [6, 6.07) is 0. The van der Waals surface area contributed by atoms with Crippen molar-refractivity contribution < 1.29 is 4.39 Å². The number of rotatable bonds is 6. The van der Waals surface area contributed by atoms with Gasteiger partial charge in [-0.15, -0.1) is 0 Å². The van der Waals surface area contributed by atoms with Crippen LogP contribution in [0.1, 0.15) is 59.8 Å². The van der Waals surface area contributed by atoms with Crippen molar-refractivity contribution in [3.8, 4) is 0 Å². The van der Waals surface area contributed by atoms with Crippen LogP contribution in [0.15, 0.2) is 0 Å². The average Bonchev–Trinajstić information content (AvgIpc) is 2.00. The molecular weight excluding hydrogens is 151 g/mol. The number of alkyl halides is 1. The Morgan fingerprint density at radius 2 is 1.83 bits per heavy atom. The van der Waals surface area contributed by atoms with Gasteiger partial charge in [0.2, 0.25) is 0 Å². The van der Waals surface area contributed by atoms with Gasteiger partial charge in [-0.1, -0.05) is 33.6 Å². The van der Waals surface area contributed by atoms with Gasteiger partial charge in [-0.05, 0) is 32.1 Å².